The van der Waals surface area contributed by atoms with E-state index in [4.69, 9.17) is 0 Å². The fourth-order valence-electron chi connectivity index (χ4n) is 2.45. The molecule has 25 heavy (non-hydrogen) atoms. The van der Waals surface area contributed by atoms with Crippen molar-refractivity contribution in [2.45, 2.75) is 45.0 Å². The summed E-state index contributed by atoms with van der Waals surface area (Å²) in [5.41, 5.74) is 1.52. The van der Waals surface area contributed by atoms with Crippen molar-refractivity contribution >= 4 is 27.3 Å². The van der Waals surface area contributed by atoms with Crippen LogP contribution >= 0.6 is 11.3 Å². The first-order chi connectivity index (χ1) is 11.9. The van der Waals surface area contributed by atoms with Crippen LogP contribution in [-0.2, 0) is 33.5 Å². The number of rotatable bonds is 9. The molecule has 1 aromatic carbocycles. The molecule has 0 unspecified atom stereocenters. The van der Waals surface area contributed by atoms with Gasteiger partial charge in [-0.3, -0.25) is 4.79 Å². The van der Waals surface area contributed by atoms with Gasteiger partial charge in [0.1, 0.15) is 0 Å². The van der Waals surface area contributed by atoms with Crippen LogP contribution in [0.2, 0.25) is 0 Å². The molecule has 0 aliphatic rings. The molecule has 1 aromatic heterocycles. The molecule has 0 saturated carbocycles. The van der Waals surface area contributed by atoms with E-state index in [1.165, 1.54) is 4.88 Å². The first-order valence-corrected chi connectivity index (χ1v) is 10.7. The molecule has 0 spiro atoms. The molecule has 0 bridgehead atoms. The van der Waals surface area contributed by atoms with E-state index < -0.39 is 10.0 Å². The van der Waals surface area contributed by atoms with Gasteiger partial charge in [-0.25, -0.2) is 13.1 Å². The van der Waals surface area contributed by atoms with Gasteiger partial charge in [-0.2, -0.15) is 0 Å². The minimum atomic E-state index is -3.40. The van der Waals surface area contributed by atoms with Crippen LogP contribution in [0.25, 0.3) is 0 Å². The van der Waals surface area contributed by atoms with Gasteiger partial charge in [0.2, 0.25) is 15.9 Å². The highest BCUT2D eigenvalue weighted by molar-refractivity contribution is 7.88. The Balaban J connectivity index is 1.92. The standard InChI is InChI=1S/C18H24N2O3S2/c1-14(2)20-25(22,23)13-16-7-4-3-6-15(16)12-19-18(21)10-9-17-8-5-11-24-17/h3-8,11,14,20H,9-10,12-13H2,1-2H3,(H,19,21). The van der Waals surface area contributed by atoms with Gasteiger partial charge in [0, 0.05) is 23.9 Å². The SMILES string of the molecule is CC(C)NS(=O)(=O)Cc1ccccc1CNC(=O)CCc1cccs1. The lowest BCUT2D eigenvalue weighted by Crippen LogP contribution is -2.32. The zero-order valence-electron chi connectivity index (χ0n) is 14.5. The summed E-state index contributed by atoms with van der Waals surface area (Å²) in [5.74, 6) is -0.127. The van der Waals surface area contributed by atoms with Gasteiger partial charge in [-0.1, -0.05) is 30.3 Å². The normalized spacial score (nSPS) is 11.6. The van der Waals surface area contributed by atoms with Crippen LogP contribution in [0.1, 0.15) is 36.3 Å². The Labute approximate surface area is 153 Å². The third-order valence-corrected chi connectivity index (χ3v) is 5.99. The minimum absolute atomic E-state index is 0.0358. The summed E-state index contributed by atoms with van der Waals surface area (Å²) in [5, 5.41) is 4.87. The maximum atomic E-state index is 12.1. The Bertz CT molecular complexity index is 784. The highest BCUT2D eigenvalue weighted by atomic mass is 32.2. The van der Waals surface area contributed by atoms with Crippen LogP contribution in [0.5, 0.6) is 0 Å². The van der Waals surface area contributed by atoms with Crippen molar-refractivity contribution in [2.75, 3.05) is 0 Å². The van der Waals surface area contributed by atoms with Crippen molar-refractivity contribution in [3.63, 3.8) is 0 Å². The zero-order valence-corrected chi connectivity index (χ0v) is 16.1. The highest BCUT2D eigenvalue weighted by Crippen LogP contribution is 2.13. The van der Waals surface area contributed by atoms with Gasteiger partial charge >= 0.3 is 0 Å². The molecule has 7 heteroatoms. The van der Waals surface area contributed by atoms with Gasteiger partial charge in [-0.05, 0) is 42.8 Å². The molecule has 2 aromatic rings. The van der Waals surface area contributed by atoms with Crippen molar-refractivity contribution in [2.24, 2.45) is 0 Å². The average molecular weight is 381 g/mol. The predicted octanol–water partition coefficient (Wildman–Crippen LogP) is 2.82. The van der Waals surface area contributed by atoms with E-state index in [2.05, 4.69) is 10.0 Å². The van der Waals surface area contributed by atoms with E-state index in [0.29, 0.717) is 18.5 Å². The number of thiophene rings is 1. The Morgan fingerprint density at radius 1 is 1.12 bits per heavy atom. The second-order valence-electron chi connectivity index (χ2n) is 6.16. The summed E-state index contributed by atoms with van der Waals surface area (Å²) in [4.78, 5) is 13.2. The summed E-state index contributed by atoms with van der Waals surface area (Å²) in [7, 11) is -3.40. The van der Waals surface area contributed by atoms with Crippen molar-refractivity contribution < 1.29 is 13.2 Å². The van der Waals surface area contributed by atoms with E-state index in [1.54, 1.807) is 31.3 Å². The number of hydrogen-bond acceptors (Lipinski definition) is 4. The smallest absolute Gasteiger partial charge is 0.220 e. The molecule has 0 aliphatic carbocycles. The summed E-state index contributed by atoms with van der Waals surface area (Å²) in [6.45, 7) is 3.91. The Morgan fingerprint density at radius 2 is 1.84 bits per heavy atom. The predicted molar refractivity (Wildman–Crippen MR) is 102 cm³/mol. The van der Waals surface area contributed by atoms with Crippen LogP contribution in [0.3, 0.4) is 0 Å². The van der Waals surface area contributed by atoms with E-state index in [1.807, 2.05) is 35.7 Å². The molecule has 136 valence electrons. The van der Waals surface area contributed by atoms with Crippen LogP contribution in [0.15, 0.2) is 41.8 Å². The number of carbonyl (C=O) groups excluding carboxylic acids is 1. The van der Waals surface area contributed by atoms with Crippen LogP contribution in [0.4, 0.5) is 0 Å². The molecule has 1 amide bonds. The Hall–Kier alpha value is -1.70. The number of hydrogen-bond donors (Lipinski definition) is 2. The van der Waals surface area contributed by atoms with Gasteiger partial charge in [0.25, 0.3) is 0 Å². The quantitative estimate of drug-likeness (QED) is 0.702. The number of carbonyl (C=O) groups is 1. The lowest BCUT2D eigenvalue weighted by atomic mass is 10.1. The molecule has 0 saturated heterocycles. The average Bonchev–Trinajstić information content (AvgIpc) is 3.04. The van der Waals surface area contributed by atoms with Gasteiger partial charge in [-0.15, -0.1) is 11.3 Å². The first-order valence-electron chi connectivity index (χ1n) is 8.21. The van der Waals surface area contributed by atoms with Gasteiger partial charge in [0.05, 0.1) is 5.75 Å². The molecule has 1 heterocycles. The second kappa shape index (κ2) is 9.12. The van der Waals surface area contributed by atoms with E-state index in [0.717, 1.165) is 12.0 Å². The summed E-state index contributed by atoms with van der Waals surface area (Å²) in [6, 6.07) is 11.1. The van der Waals surface area contributed by atoms with Crippen LogP contribution in [0, 0.1) is 0 Å². The number of sulfonamides is 1. The monoisotopic (exact) mass is 380 g/mol. The van der Waals surface area contributed by atoms with Crippen LogP contribution < -0.4 is 10.0 Å². The number of nitrogens with one attached hydrogen (secondary N) is 2. The topological polar surface area (TPSA) is 75.3 Å². The Morgan fingerprint density at radius 3 is 2.48 bits per heavy atom. The molecule has 0 aliphatic heterocycles. The number of benzene rings is 1. The zero-order chi connectivity index (χ0) is 18.3. The lowest BCUT2D eigenvalue weighted by molar-refractivity contribution is -0.121. The third-order valence-electron chi connectivity index (χ3n) is 3.53. The van der Waals surface area contributed by atoms with Gasteiger partial charge < -0.3 is 5.32 Å². The summed E-state index contributed by atoms with van der Waals surface area (Å²) in [6.07, 6.45) is 1.15. The van der Waals surface area contributed by atoms with Crippen LogP contribution in [-0.4, -0.2) is 20.4 Å². The van der Waals surface area contributed by atoms with Crippen molar-refractivity contribution in [3.05, 3.63) is 57.8 Å². The van der Waals surface area contributed by atoms with E-state index >= 15 is 0 Å². The van der Waals surface area contributed by atoms with Crippen molar-refractivity contribution in [1.29, 1.82) is 0 Å². The largest absolute Gasteiger partial charge is 0.352 e. The molecule has 0 fully saturated rings. The minimum Gasteiger partial charge on any atom is -0.352 e. The fraction of sp³-hybridized carbons (Fsp3) is 0.389. The van der Waals surface area contributed by atoms with Gasteiger partial charge in [0.15, 0.2) is 0 Å². The molecule has 0 atom stereocenters. The maximum Gasteiger partial charge on any atom is 0.220 e. The van der Waals surface area contributed by atoms with E-state index in [-0.39, 0.29) is 17.7 Å². The third kappa shape index (κ3) is 6.97. The summed E-state index contributed by atoms with van der Waals surface area (Å²) >= 11 is 1.64. The fourth-order valence-corrected chi connectivity index (χ4v) is 4.65. The molecule has 5 nitrogen and oxygen atoms in total. The molecule has 2 rings (SSSR count). The number of amides is 1. The molecule has 2 N–H and O–H groups in total. The molecule has 0 radical (unpaired) electrons. The maximum absolute atomic E-state index is 12.1. The van der Waals surface area contributed by atoms with E-state index in [9.17, 15) is 13.2 Å². The first kappa shape index (κ1) is 19.6. The number of aryl methyl sites for hydroxylation is 1. The van der Waals surface area contributed by atoms with Crippen molar-refractivity contribution in [1.82, 2.24) is 10.0 Å². The van der Waals surface area contributed by atoms with Crippen molar-refractivity contribution in [3.8, 4) is 0 Å². The molecular formula is C18H24N2O3S2. The Kier molecular flexibility index (Phi) is 7.16. The highest BCUT2D eigenvalue weighted by Gasteiger charge is 2.15. The molecular weight excluding hydrogens is 356 g/mol. The lowest BCUT2D eigenvalue weighted by Gasteiger charge is -2.13. The second-order valence-corrected chi connectivity index (χ2v) is 8.94. The summed E-state index contributed by atoms with van der Waals surface area (Å²) < 4.78 is 26.9.